The van der Waals surface area contributed by atoms with E-state index in [0.29, 0.717) is 17.4 Å². The number of nitrogens with zero attached hydrogens (tertiary/aromatic N) is 4. The lowest BCUT2D eigenvalue weighted by Gasteiger charge is -2.16. The van der Waals surface area contributed by atoms with Crippen LogP contribution in [0.4, 0.5) is 22.7 Å². The average molecular weight is 735 g/mol. The quantitative estimate of drug-likeness (QED) is 0.0786. The molecule has 0 bridgehead atoms. The van der Waals surface area contributed by atoms with Gasteiger partial charge < -0.3 is 14.9 Å². The van der Waals surface area contributed by atoms with Crippen LogP contribution in [0.2, 0.25) is 0 Å². The van der Waals surface area contributed by atoms with Gasteiger partial charge in [-0.2, -0.15) is 20.5 Å². The van der Waals surface area contributed by atoms with Crippen molar-refractivity contribution in [1.82, 2.24) is 0 Å². The lowest BCUT2D eigenvalue weighted by Crippen LogP contribution is -2.02. The van der Waals surface area contributed by atoms with Gasteiger partial charge in [0.25, 0.3) is 0 Å². The Hall–Kier alpha value is -4.52. The fraction of sp³-hybridized carbons (Fsp3) is 0.489. The van der Waals surface area contributed by atoms with Crippen LogP contribution in [0.15, 0.2) is 81.1 Å². The van der Waals surface area contributed by atoms with Crippen molar-refractivity contribution in [2.24, 2.45) is 20.5 Å². The molecule has 0 heterocycles. The number of phenols is 2. The number of unbranched alkanes of at least 4 members (excludes halogenated alkanes) is 9. The lowest BCUT2D eigenvalue weighted by atomic mass is 9.99. The first-order valence-electron chi connectivity index (χ1n) is 20.1. The molecule has 292 valence electrons. The standard InChI is InChI=1S/C30H46N2O.C17H20N2O2/c1-7-8-9-10-11-12-13-14-15-16-19-33-30-21-26(6)29(22-28(30)23(2)3)32-31-27-18-17-24(4)25(5)20-27;1-10(2)14-9-15(11(3)8-17(14)21)19-18-13-5-6-16(20)12(4)7-13/h17-18,20-23H,7-16,19H2,1-6H3;5-10,20-21H,1-4H3. The largest absolute Gasteiger partial charge is 0.508 e. The number of hydrogen-bond acceptors (Lipinski definition) is 7. The normalized spacial score (nSPS) is 11.6. The SMILES string of the molecule is CCCCCCCCCCCCOc1cc(C)c(N=Nc2ccc(C)c(C)c2)cc1C(C)C.Cc1cc(N=Nc2cc(C(C)C)c(O)cc2C)ccc1O. The average Bonchev–Trinajstić information content (AvgIpc) is 3.12. The molecule has 4 aromatic rings. The predicted octanol–water partition coefficient (Wildman–Crippen LogP) is 15.7. The molecule has 0 aromatic heterocycles. The number of ether oxygens (including phenoxy) is 1. The molecule has 54 heavy (non-hydrogen) atoms. The number of hydrogen-bond donors (Lipinski definition) is 2. The Balaban J connectivity index is 0.000000320. The fourth-order valence-electron chi connectivity index (χ4n) is 6.12. The highest BCUT2D eigenvalue weighted by molar-refractivity contribution is 5.56. The summed E-state index contributed by atoms with van der Waals surface area (Å²) in [5, 5.41) is 37.0. The van der Waals surface area contributed by atoms with Crippen LogP contribution in [0.3, 0.4) is 0 Å². The van der Waals surface area contributed by atoms with Gasteiger partial charge in [-0.25, -0.2) is 0 Å². The minimum atomic E-state index is 0.218. The first-order valence-corrected chi connectivity index (χ1v) is 20.1. The zero-order chi connectivity index (χ0) is 39.6. The third-order valence-electron chi connectivity index (χ3n) is 9.89. The van der Waals surface area contributed by atoms with Crippen LogP contribution < -0.4 is 4.74 Å². The number of phenolic OH excluding ortho intramolecular Hbond substituents is 2. The van der Waals surface area contributed by atoms with Crippen LogP contribution in [0.25, 0.3) is 0 Å². The molecule has 4 rings (SSSR count). The molecule has 0 atom stereocenters. The van der Waals surface area contributed by atoms with Crippen LogP contribution in [-0.4, -0.2) is 16.8 Å². The predicted molar refractivity (Wildman–Crippen MR) is 227 cm³/mol. The summed E-state index contributed by atoms with van der Waals surface area (Å²) in [5.74, 6) is 2.14. The van der Waals surface area contributed by atoms with Gasteiger partial charge in [0.2, 0.25) is 0 Å². The smallest absolute Gasteiger partial charge is 0.123 e. The zero-order valence-electron chi connectivity index (χ0n) is 34.8. The Morgan fingerprint density at radius 3 is 1.52 bits per heavy atom. The lowest BCUT2D eigenvalue weighted by molar-refractivity contribution is 0.300. The van der Waals surface area contributed by atoms with Gasteiger partial charge in [0, 0.05) is 0 Å². The topological polar surface area (TPSA) is 99.1 Å². The number of aromatic hydroxyl groups is 2. The van der Waals surface area contributed by atoms with E-state index in [1.54, 1.807) is 24.3 Å². The third-order valence-corrected chi connectivity index (χ3v) is 9.89. The molecule has 2 N–H and O–H groups in total. The molecule has 7 heteroatoms. The molecule has 0 aliphatic heterocycles. The van der Waals surface area contributed by atoms with Crippen molar-refractivity contribution >= 4 is 22.7 Å². The van der Waals surface area contributed by atoms with Crippen molar-refractivity contribution in [2.45, 2.75) is 145 Å². The van der Waals surface area contributed by atoms with Crippen LogP contribution in [0.1, 0.15) is 150 Å². The molecule has 0 saturated heterocycles. The summed E-state index contributed by atoms with van der Waals surface area (Å²) in [4.78, 5) is 0. The molecule has 0 amide bonds. The summed E-state index contributed by atoms with van der Waals surface area (Å²) in [6.07, 6.45) is 13.4. The van der Waals surface area contributed by atoms with E-state index in [2.05, 4.69) is 86.3 Å². The number of rotatable bonds is 18. The van der Waals surface area contributed by atoms with Gasteiger partial charge in [0.05, 0.1) is 29.4 Å². The zero-order valence-corrected chi connectivity index (χ0v) is 34.8. The molecule has 7 nitrogen and oxygen atoms in total. The molecule has 0 unspecified atom stereocenters. The van der Waals surface area contributed by atoms with Crippen molar-refractivity contribution in [2.75, 3.05) is 6.61 Å². The van der Waals surface area contributed by atoms with Crippen molar-refractivity contribution in [1.29, 1.82) is 0 Å². The van der Waals surface area contributed by atoms with E-state index in [1.165, 1.54) is 74.5 Å². The summed E-state index contributed by atoms with van der Waals surface area (Å²) >= 11 is 0. The first-order chi connectivity index (χ1) is 25.8. The van der Waals surface area contributed by atoms with Gasteiger partial charge in [0.1, 0.15) is 17.2 Å². The van der Waals surface area contributed by atoms with E-state index in [0.717, 1.165) is 58.1 Å². The number of benzene rings is 4. The van der Waals surface area contributed by atoms with Gasteiger partial charge in [0.15, 0.2) is 0 Å². The van der Waals surface area contributed by atoms with Crippen LogP contribution in [0.5, 0.6) is 17.2 Å². The fourth-order valence-corrected chi connectivity index (χ4v) is 6.12. The second-order valence-electron chi connectivity index (χ2n) is 15.4. The number of azo groups is 2. The summed E-state index contributed by atoms with van der Waals surface area (Å²) in [6, 6.07) is 19.2. The van der Waals surface area contributed by atoms with Gasteiger partial charge in [-0.05, 0) is 146 Å². The molecule has 0 saturated carbocycles. The van der Waals surface area contributed by atoms with Crippen molar-refractivity contribution < 1.29 is 14.9 Å². The molecular weight excluding hydrogens is 669 g/mol. The molecule has 0 spiro atoms. The van der Waals surface area contributed by atoms with Crippen LogP contribution in [0, 0.1) is 34.6 Å². The van der Waals surface area contributed by atoms with Crippen molar-refractivity contribution in [3.63, 3.8) is 0 Å². The Kier molecular flexibility index (Phi) is 18.4. The van der Waals surface area contributed by atoms with Crippen LogP contribution >= 0.6 is 0 Å². The van der Waals surface area contributed by atoms with Gasteiger partial charge >= 0.3 is 0 Å². The Labute approximate surface area is 326 Å². The molecular formula is C47H66N4O3. The Morgan fingerprint density at radius 1 is 0.481 bits per heavy atom. The van der Waals surface area contributed by atoms with Crippen molar-refractivity contribution in [3.05, 3.63) is 99.6 Å². The highest BCUT2D eigenvalue weighted by atomic mass is 16.5. The van der Waals surface area contributed by atoms with E-state index in [9.17, 15) is 10.2 Å². The molecule has 0 aliphatic rings. The van der Waals surface area contributed by atoms with E-state index >= 15 is 0 Å². The van der Waals surface area contributed by atoms with Gasteiger partial charge in [-0.1, -0.05) is 98.5 Å². The van der Waals surface area contributed by atoms with Gasteiger partial charge in [-0.15, -0.1) is 0 Å². The summed E-state index contributed by atoms with van der Waals surface area (Å²) in [5.41, 5.74) is 10.5. The summed E-state index contributed by atoms with van der Waals surface area (Å²) in [7, 11) is 0. The highest BCUT2D eigenvalue weighted by Crippen LogP contribution is 2.36. The minimum absolute atomic E-state index is 0.218. The van der Waals surface area contributed by atoms with Crippen LogP contribution in [-0.2, 0) is 0 Å². The maximum atomic E-state index is 9.94. The highest BCUT2D eigenvalue weighted by Gasteiger charge is 2.13. The third kappa shape index (κ3) is 14.4. The Bertz CT molecular complexity index is 1830. The molecule has 4 aromatic carbocycles. The molecule has 0 fully saturated rings. The minimum Gasteiger partial charge on any atom is -0.508 e. The van der Waals surface area contributed by atoms with Gasteiger partial charge in [-0.3, -0.25) is 0 Å². The number of aryl methyl sites for hydroxylation is 5. The van der Waals surface area contributed by atoms with E-state index < -0.39 is 0 Å². The Morgan fingerprint density at radius 2 is 0.981 bits per heavy atom. The molecule has 0 aliphatic carbocycles. The van der Waals surface area contributed by atoms with E-state index in [1.807, 2.05) is 39.8 Å². The monoisotopic (exact) mass is 735 g/mol. The van der Waals surface area contributed by atoms with E-state index in [-0.39, 0.29) is 11.7 Å². The second-order valence-corrected chi connectivity index (χ2v) is 15.4. The maximum absolute atomic E-state index is 9.94. The summed E-state index contributed by atoms with van der Waals surface area (Å²) < 4.78 is 6.23. The summed E-state index contributed by atoms with van der Waals surface area (Å²) in [6.45, 7) is 21.6. The maximum Gasteiger partial charge on any atom is 0.123 e. The first kappa shape index (κ1) is 43.9. The van der Waals surface area contributed by atoms with Crippen molar-refractivity contribution in [3.8, 4) is 17.2 Å². The second kappa shape index (κ2) is 22.6. The van der Waals surface area contributed by atoms with E-state index in [4.69, 9.17) is 4.74 Å². The molecule has 0 radical (unpaired) electrons.